The van der Waals surface area contributed by atoms with E-state index in [2.05, 4.69) is 70.2 Å². The van der Waals surface area contributed by atoms with Crippen LogP contribution in [0.3, 0.4) is 0 Å². The minimum absolute atomic E-state index is 0.0185. The summed E-state index contributed by atoms with van der Waals surface area (Å²) in [5, 5.41) is 0. The van der Waals surface area contributed by atoms with E-state index in [9.17, 15) is 0 Å². The van der Waals surface area contributed by atoms with Crippen molar-refractivity contribution in [3.63, 3.8) is 0 Å². The van der Waals surface area contributed by atoms with Crippen molar-refractivity contribution in [3.8, 4) is 5.75 Å². The Hall–Kier alpha value is -3.22. The Bertz CT molecular complexity index is 1240. The van der Waals surface area contributed by atoms with Gasteiger partial charge in [0.25, 0.3) is 0 Å². The van der Waals surface area contributed by atoms with Crippen LogP contribution in [0.2, 0.25) is 0 Å². The molecule has 5 nitrogen and oxygen atoms in total. The molecule has 0 radical (unpaired) electrons. The van der Waals surface area contributed by atoms with E-state index < -0.39 is 0 Å². The van der Waals surface area contributed by atoms with Gasteiger partial charge in [-0.3, -0.25) is 0 Å². The van der Waals surface area contributed by atoms with E-state index in [1.54, 1.807) is 7.11 Å². The molecule has 0 aromatic heterocycles. The highest BCUT2D eigenvalue weighted by Gasteiger charge is 2.28. The second-order valence-electron chi connectivity index (χ2n) is 11.4. The standard InChI is InChI=1S/C37H46O5/c1-27(16-21-35-29(3)24-41-37(42-35)33-14-10-7-11-15-33)22-28(2)36(40-26-32-17-19-34(38-5)20-18-32)30(4)23-39-25-31-12-8-6-9-13-31/h6-22,28-30,35-37H,23-26H2,1-5H3/b21-16+,27-22+/t28-,29+,30-,35-,36+,37+/m0/s1. The number of benzene rings is 3. The summed E-state index contributed by atoms with van der Waals surface area (Å²) in [5.41, 5.74) is 4.51. The number of allylic oxidation sites excluding steroid dienone is 2. The van der Waals surface area contributed by atoms with E-state index in [1.165, 1.54) is 11.1 Å². The average Bonchev–Trinajstić information content (AvgIpc) is 3.02. The van der Waals surface area contributed by atoms with Gasteiger partial charge in [0.1, 0.15) is 5.75 Å². The highest BCUT2D eigenvalue weighted by Crippen LogP contribution is 2.30. The van der Waals surface area contributed by atoms with E-state index in [-0.39, 0.29) is 36.3 Å². The van der Waals surface area contributed by atoms with Gasteiger partial charge in [0.05, 0.1) is 45.7 Å². The van der Waals surface area contributed by atoms with Crippen LogP contribution in [0.15, 0.2) is 109 Å². The summed E-state index contributed by atoms with van der Waals surface area (Å²) in [6.07, 6.45) is 6.25. The van der Waals surface area contributed by atoms with Gasteiger partial charge in [-0.1, -0.05) is 117 Å². The minimum Gasteiger partial charge on any atom is -0.497 e. The molecule has 224 valence electrons. The number of ether oxygens (including phenoxy) is 5. The molecule has 0 N–H and O–H groups in total. The van der Waals surface area contributed by atoms with Gasteiger partial charge in [-0.25, -0.2) is 0 Å². The molecule has 1 fully saturated rings. The van der Waals surface area contributed by atoms with E-state index in [0.29, 0.717) is 26.4 Å². The van der Waals surface area contributed by atoms with Crippen molar-refractivity contribution < 1.29 is 23.7 Å². The predicted molar refractivity (Wildman–Crippen MR) is 168 cm³/mol. The molecule has 1 aliphatic rings. The summed E-state index contributed by atoms with van der Waals surface area (Å²) >= 11 is 0. The van der Waals surface area contributed by atoms with Crippen molar-refractivity contribution in [2.45, 2.75) is 59.4 Å². The summed E-state index contributed by atoms with van der Waals surface area (Å²) in [6.45, 7) is 11.1. The third kappa shape index (κ3) is 9.67. The molecule has 0 bridgehead atoms. The zero-order valence-corrected chi connectivity index (χ0v) is 25.6. The maximum Gasteiger partial charge on any atom is 0.184 e. The zero-order valence-electron chi connectivity index (χ0n) is 25.6. The number of rotatable bonds is 14. The molecule has 0 unspecified atom stereocenters. The van der Waals surface area contributed by atoms with E-state index in [0.717, 1.165) is 16.9 Å². The normalized spacial score (nSPS) is 21.6. The van der Waals surface area contributed by atoms with Crippen LogP contribution in [0.5, 0.6) is 5.75 Å². The molecule has 1 heterocycles. The molecule has 0 saturated carbocycles. The molecular weight excluding hydrogens is 524 g/mol. The van der Waals surface area contributed by atoms with E-state index in [1.807, 2.05) is 60.7 Å². The quantitative estimate of drug-likeness (QED) is 0.182. The van der Waals surface area contributed by atoms with Crippen molar-refractivity contribution >= 4 is 0 Å². The smallest absolute Gasteiger partial charge is 0.184 e. The zero-order chi connectivity index (χ0) is 29.7. The molecule has 1 saturated heterocycles. The van der Waals surface area contributed by atoms with Crippen LogP contribution in [0.4, 0.5) is 0 Å². The Morgan fingerprint density at radius 1 is 0.905 bits per heavy atom. The summed E-state index contributed by atoms with van der Waals surface area (Å²) in [4.78, 5) is 0. The Kier molecular flexibility index (Phi) is 12.4. The molecule has 42 heavy (non-hydrogen) atoms. The van der Waals surface area contributed by atoms with Crippen molar-refractivity contribution in [3.05, 3.63) is 125 Å². The third-order valence-electron chi connectivity index (χ3n) is 7.67. The first kappa shape index (κ1) is 31.7. The van der Waals surface area contributed by atoms with Crippen molar-refractivity contribution in [2.24, 2.45) is 17.8 Å². The lowest BCUT2D eigenvalue weighted by atomic mass is 9.91. The van der Waals surface area contributed by atoms with Crippen LogP contribution in [0.1, 0.15) is 50.7 Å². The van der Waals surface area contributed by atoms with Gasteiger partial charge in [-0.05, 0) is 30.2 Å². The minimum atomic E-state index is -0.340. The first-order valence-electron chi connectivity index (χ1n) is 15.0. The third-order valence-corrected chi connectivity index (χ3v) is 7.67. The lowest BCUT2D eigenvalue weighted by Gasteiger charge is -2.33. The highest BCUT2D eigenvalue weighted by atomic mass is 16.7. The highest BCUT2D eigenvalue weighted by molar-refractivity contribution is 5.27. The fraction of sp³-hybridized carbons (Fsp3) is 0.405. The lowest BCUT2D eigenvalue weighted by molar-refractivity contribution is -0.225. The topological polar surface area (TPSA) is 46.2 Å². The van der Waals surface area contributed by atoms with Crippen LogP contribution in [0.25, 0.3) is 0 Å². The SMILES string of the molecule is COc1ccc(CO[C@H]([C@@H](C)/C=C(C)/C=C/[C@@H]2O[C@H](c3ccccc3)OC[C@H]2C)[C@@H](C)COCc2ccccc2)cc1. The van der Waals surface area contributed by atoms with Gasteiger partial charge in [0.15, 0.2) is 6.29 Å². The molecule has 3 aromatic carbocycles. The summed E-state index contributed by atoms with van der Waals surface area (Å²) in [5.74, 6) is 1.48. The Morgan fingerprint density at radius 2 is 1.57 bits per heavy atom. The van der Waals surface area contributed by atoms with Crippen LogP contribution >= 0.6 is 0 Å². The van der Waals surface area contributed by atoms with Gasteiger partial charge in [0.2, 0.25) is 0 Å². The van der Waals surface area contributed by atoms with E-state index in [4.69, 9.17) is 23.7 Å². The van der Waals surface area contributed by atoms with Crippen LogP contribution in [0, 0.1) is 17.8 Å². The van der Waals surface area contributed by atoms with Gasteiger partial charge in [0, 0.05) is 23.3 Å². The first-order chi connectivity index (χ1) is 20.4. The summed E-state index contributed by atoms with van der Waals surface area (Å²) in [7, 11) is 1.68. The van der Waals surface area contributed by atoms with Gasteiger partial charge >= 0.3 is 0 Å². The lowest BCUT2D eigenvalue weighted by Crippen LogP contribution is -2.33. The first-order valence-corrected chi connectivity index (χ1v) is 15.0. The average molecular weight is 571 g/mol. The molecule has 3 aromatic rings. The number of hydrogen-bond donors (Lipinski definition) is 0. The van der Waals surface area contributed by atoms with E-state index >= 15 is 0 Å². The fourth-order valence-corrected chi connectivity index (χ4v) is 5.26. The van der Waals surface area contributed by atoms with Crippen LogP contribution in [-0.4, -0.2) is 32.5 Å². The second kappa shape index (κ2) is 16.4. The second-order valence-corrected chi connectivity index (χ2v) is 11.4. The molecular formula is C37H46O5. The van der Waals surface area contributed by atoms with Crippen molar-refractivity contribution in [1.82, 2.24) is 0 Å². The monoisotopic (exact) mass is 570 g/mol. The van der Waals surface area contributed by atoms with Crippen molar-refractivity contribution in [2.75, 3.05) is 20.3 Å². The molecule has 1 aliphatic heterocycles. The maximum atomic E-state index is 6.57. The molecule has 6 atom stereocenters. The molecule has 0 spiro atoms. The maximum absolute atomic E-state index is 6.57. The molecule has 0 aliphatic carbocycles. The molecule has 0 amide bonds. The Labute approximate surface area is 252 Å². The van der Waals surface area contributed by atoms with Crippen LogP contribution in [-0.2, 0) is 32.2 Å². The van der Waals surface area contributed by atoms with Crippen LogP contribution < -0.4 is 4.74 Å². The molecule has 5 heteroatoms. The van der Waals surface area contributed by atoms with Gasteiger partial charge in [-0.2, -0.15) is 0 Å². The largest absolute Gasteiger partial charge is 0.497 e. The summed E-state index contributed by atoms with van der Waals surface area (Å²) < 4.78 is 30.3. The van der Waals surface area contributed by atoms with Gasteiger partial charge < -0.3 is 23.7 Å². The predicted octanol–water partition coefficient (Wildman–Crippen LogP) is 8.32. The van der Waals surface area contributed by atoms with Gasteiger partial charge in [-0.15, -0.1) is 0 Å². The number of hydrogen-bond acceptors (Lipinski definition) is 5. The fourth-order valence-electron chi connectivity index (χ4n) is 5.26. The Balaban J connectivity index is 1.40. The van der Waals surface area contributed by atoms with Crippen molar-refractivity contribution in [1.29, 1.82) is 0 Å². The summed E-state index contributed by atoms with van der Waals surface area (Å²) in [6, 6.07) is 28.5. The molecule has 4 rings (SSSR count). The number of methoxy groups -OCH3 is 1. The Morgan fingerprint density at radius 3 is 2.26 bits per heavy atom.